The number of hydrogen-bond acceptors (Lipinski definition) is 4. The second-order valence-corrected chi connectivity index (χ2v) is 6.79. The Morgan fingerprint density at radius 1 is 1.12 bits per heavy atom. The Labute approximate surface area is 142 Å². The maximum atomic E-state index is 13.1. The molecule has 0 bridgehead atoms. The number of carbonyl (C=O) groups is 1. The van der Waals surface area contributed by atoms with Gasteiger partial charge in [0.25, 0.3) is 5.91 Å². The molecule has 0 saturated carbocycles. The molecule has 0 spiro atoms. The zero-order valence-electron chi connectivity index (χ0n) is 14.2. The minimum absolute atomic E-state index is 0.0405. The van der Waals surface area contributed by atoms with Gasteiger partial charge < -0.3 is 4.90 Å². The number of fused-ring (bicyclic) bond motifs is 1. The van der Waals surface area contributed by atoms with Crippen molar-refractivity contribution in [2.24, 2.45) is 0 Å². The molecule has 1 aromatic heterocycles. The van der Waals surface area contributed by atoms with E-state index in [4.69, 9.17) is 0 Å². The van der Waals surface area contributed by atoms with Crippen LogP contribution < -0.4 is 0 Å². The summed E-state index contributed by atoms with van der Waals surface area (Å²) < 4.78 is 0. The van der Waals surface area contributed by atoms with Gasteiger partial charge in [-0.05, 0) is 50.9 Å². The minimum Gasteiger partial charge on any atom is -0.333 e. The third kappa shape index (κ3) is 2.67. The predicted octanol–water partition coefficient (Wildman–Crippen LogP) is 2.72. The van der Waals surface area contributed by atoms with Gasteiger partial charge in [-0.1, -0.05) is 19.1 Å². The van der Waals surface area contributed by atoms with E-state index in [0.717, 1.165) is 43.5 Å². The van der Waals surface area contributed by atoms with E-state index in [9.17, 15) is 4.79 Å². The van der Waals surface area contributed by atoms with Gasteiger partial charge in [-0.15, -0.1) is 0 Å². The SMILES string of the molecule is CCN1CCC[C@@H]1[C@@H]1CCCN1C(=O)c1cnc2ccccc2n1. The largest absolute Gasteiger partial charge is 0.333 e. The second kappa shape index (κ2) is 6.48. The lowest BCUT2D eigenvalue weighted by molar-refractivity contribution is 0.0644. The molecule has 24 heavy (non-hydrogen) atoms. The highest BCUT2D eigenvalue weighted by Crippen LogP contribution is 2.30. The number of nitrogens with zero attached hydrogens (tertiary/aromatic N) is 4. The van der Waals surface area contributed by atoms with E-state index in [0.29, 0.717) is 17.8 Å². The van der Waals surface area contributed by atoms with Crippen molar-refractivity contribution >= 4 is 16.9 Å². The van der Waals surface area contributed by atoms with Gasteiger partial charge in [0.05, 0.1) is 17.2 Å². The molecule has 3 heterocycles. The molecule has 5 nitrogen and oxygen atoms in total. The van der Waals surface area contributed by atoms with Crippen molar-refractivity contribution in [3.63, 3.8) is 0 Å². The lowest BCUT2D eigenvalue weighted by atomic mass is 10.0. The van der Waals surface area contributed by atoms with Crippen molar-refractivity contribution in [2.75, 3.05) is 19.6 Å². The number of hydrogen-bond donors (Lipinski definition) is 0. The average Bonchev–Trinajstić information content (AvgIpc) is 3.28. The summed E-state index contributed by atoms with van der Waals surface area (Å²) in [4.78, 5) is 26.6. The van der Waals surface area contributed by atoms with E-state index < -0.39 is 0 Å². The molecule has 0 N–H and O–H groups in total. The van der Waals surface area contributed by atoms with Crippen LogP contribution in [0.25, 0.3) is 11.0 Å². The van der Waals surface area contributed by atoms with Crippen LogP contribution in [-0.2, 0) is 0 Å². The Morgan fingerprint density at radius 3 is 2.71 bits per heavy atom. The van der Waals surface area contributed by atoms with Crippen LogP contribution >= 0.6 is 0 Å². The molecule has 126 valence electrons. The van der Waals surface area contributed by atoms with Crippen LogP contribution in [0.15, 0.2) is 30.5 Å². The summed E-state index contributed by atoms with van der Waals surface area (Å²) in [7, 11) is 0. The highest BCUT2D eigenvalue weighted by atomic mass is 16.2. The Hall–Kier alpha value is -2.01. The number of aromatic nitrogens is 2. The first-order valence-corrected chi connectivity index (χ1v) is 9.04. The number of benzene rings is 1. The van der Waals surface area contributed by atoms with Crippen molar-refractivity contribution in [2.45, 2.75) is 44.7 Å². The van der Waals surface area contributed by atoms with Crippen molar-refractivity contribution in [1.82, 2.24) is 19.8 Å². The quantitative estimate of drug-likeness (QED) is 0.871. The van der Waals surface area contributed by atoms with E-state index in [1.54, 1.807) is 6.20 Å². The molecular weight excluding hydrogens is 300 g/mol. The van der Waals surface area contributed by atoms with E-state index >= 15 is 0 Å². The highest BCUT2D eigenvalue weighted by Gasteiger charge is 2.39. The van der Waals surface area contributed by atoms with Crippen LogP contribution in [-0.4, -0.2) is 57.4 Å². The Kier molecular flexibility index (Phi) is 4.19. The van der Waals surface area contributed by atoms with Gasteiger partial charge in [-0.3, -0.25) is 14.7 Å². The highest BCUT2D eigenvalue weighted by molar-refractivity contribution is 5.94. The lowest BCUT2D eigenvalue weighted by Crippen LogP contribution is -2.48. The fraction of sp³-hybridized carbons (Fsp3) is 0.526. The first kappa shape index (κ1) is 15.5. The number of likely N-dealkylation sites (N-methyl/N-ethyl adjacent to an activating group) is 1. The molecule has 0 radical (unpaired) electrons. The molecule has 0 unspecified atom stereocenters. The Bertz CT molecular complexity index is 747. The molecule has 2 aromatic rings. The van der Waals surface area contributed by atoms with Crippen molar-refractivity contribution in [3.05, 3.63) is 36.2 Å². The number of para-hydroxylation sites is 2. The normalized spacial score (nSPS) is 24.8. The number of amides is 1. The van der Waals surface area contributed by atoms with Crippen LogP contribution in [0.4, 0.5) is 0 Å². The monoisotopic (exact) mass is 324 g/mol. The van der Waals surface area contributed by atoms with Gasteiger partial charge in [-0.25, -0.2) is 4.98 Å². The molecule has 1 aromatic carbocycles. The average molecular weight is 324 g/mol. The summed E-state index contributed by atoms with van der Waals surface area (Å²) in [5.41, 5.74) is 2.09. The molecular formula is C19H24N4O. The molecule has 2 saturated heterocycles. The van der Waals surface area contributed by atoms with Crippen LogP contribution in [0, 0.1) is 0 Å². The molecule has 4 rings (SSSR count). The lowest BCUT2D eigenvalue weighted by Gasteiger charge is -2.34. The molecule has 2 atom stereocenters. The van der Waals surface area contributed by atoms with Gasteiger partial charge in [0, 0.05) is 18.6 Å². The summed E-state index contributed by atoms with van der Waals surface area (Å²) in [6, 6.07) is 8.54. The summed E-state index contributed by atoms with van der Waals surface area (Å²) in [6.07, 6.45) is 6.27. The Morgan fingerprint density at radius 2 is 1.88 bits per heavy atom. The maximum Gasteiger partial charge on any atom is 0.274 e. The van der Waals surface area contributed by atoms with E-state index in [-0.39, 0.29) is 5.91 Å². The molecule has 0 aliphatic carbocycles. The molecule has 2 aliphatic rings. The summed E-state index contributed by atoms with van der Waals surface area (Å²) in [6.45, 7) is 5.29. The van der Waals surface area contributed by atoms with Gasteiger partial charge in [-0.2, -0.15) is 0 Å². The molecule has 1 amide bonds. The van der Waals surface area contributed by atoms with Crippen molar-refractivity contribution in [3.8, 4) is 0 Å². The topological polar surface area (TPSA) is 49.3 Å². The predicted molar refractivity (Wildman–Crippen MR) is 93.9 cm³/mol. The molecule has 2 fully saturated rings. The smallest absolute Gasteiger partial charge is 0.274 e. The molecule has 5 heteroatoms. The second-order valence-electron chi connectivity index (χ2n) is 6.79. The fourth-order valence-corrected chi connectivity index (χ4v) is 4.33. The number of likely N-dealkylation sites (tertiary alicyclic amines) is 2. The maximum absolute atomic E-state index is 13.1. The zero-order chi connectivity index (χ0) is 16.5. The number of carbonyl (C=O) groups excluding carboxylic acids is 1. The first-order chi connectivity index (χ1) is 11.8. The van der Waals surface area contributed by atoms with Gasteiger partial charge in [0.15, 0.2) is 0 Å². The van der Waals surface area contributed by atoms with E-state index in [2.05, 4.69) is 26.7 Å². The summed E-state index contributed by atoms with van der Waals surface area (Å²) in [5, 5.41) is 0. The summed E-state index contributed by atoms with van der Waals surface area (Å²) >= 11 is 0. The van der Waals surface area contributed by atoms with Gasteiger partial charge >= 0.3 is 0 Å². The van der Waals surface area contributed by atoms with Crippen molar-refractivity contribution in [1.29, 1.82) is 0 Å². The fourth-order valence-electron chi connectivity index (χ4n) is 4.33. The molecule has 2 aliphatic heterocycles. The van der Waals surface area contributed by atoms with E-state index in [1.807, 2.05) is 24.3 Å². The minimum atomic E-state index is 0.0405. The van der Waals surface area contributed by atoms with Crippen molar-refractivity contribution < 1.29 is 4.79 Å². The number of rotatable bonds is 3. The zero-order valence-corrected chi connectivity index (χ0v) is 14.2. The van der Waals surface area contributed by atoms with Crippen LogP contribution in [0.2, 0.25) is 0 Å². The van der Waals surface area contributed by atoms with Crippen LogP contribution in [0.3, 0.4) is 0 Å². The van der Waals surface area contributed by atoms with Gasteiger partial charge in [0.1, 0.15) is 5.69 Å². The van der Waals surface area contributed by atoms with Gasteiger partial charge in [0.2, 0.25) is 0 Å². The van der Waals surface area contributed by atoms with E-state index in [1.165, 1.54) is 12.8 Å². The third-order valence-corrected chi connectivity index (χ3v) is 5.49. The Balaban J connectivity index is 1.60. The van der Waals surface area contributed by atoms with Crippen LogP contribution in [0.5, 0.6) is 0 Å². The summed E-state index contributed by atoms with van der Waals surface area (Å²) in [5.74, 6) is 0.0405. The van der Waals surface area contributed by atoms with Crippen LogP contribution in [0.1, 0.15) is 43.1 Å². The third-order valence-electron chi connectivity index (χ3n) is 5.49. The first-order valence-electron chi connectivity index (χ1n) is 9.04. The standard InChI is InChI=1S/C19H24N4O/c1-2-22-11-5-9-17(22)18-10-6-12-23(18)19(24)16-13-20-14-7-3-4-8-15(14)21-16/h3-4,7-8,13,17-18H,2,5-6,9-12H2,1H3/t17-,18+/m1/s1.